The molecule has 2 aromatic rings. The lowest BCUT2D eigenvalue weighted by Crippen LogP contribution is -2.44. The van der Waals surface area contributed by atoms with Gasteiger partial charge in [-0.05, 0) is 31.0 Å². The number of nitrogens with one attached hydrogen (secondary N) is 1. The number of thiophene rings is 1. The van der Waals surface area contributed by atoms with Gasteiger partial charge in [0.05, 0.1) is 9.80 Å². The van der Waals surface area contributed by atoms with Gasteiger partial charge in [-0.3, -0.25) is 14.9 Å². The van der Waals surface area contributed by atoms with Crippen LogP contribution in [-0.4, -0.2) is 34.9 Å². The van der Waals surface area contributed by atoms with Gasteiger partial charge in [0.1, 0.15) is 0 Å². The van der Waals surface area contributed by atoms with Crippen molar-refractivity contribution in [1.82, 2.24) is 4.90 Å². The molecule has 7 heteroatoms. The number of benzene rings is 1. The molecular weight excluding hydrogens is 314 g/mol. The molecule has 1 unspecified atom stereocenters. The first-order chi connectivity index (χ1) is 11.1. The van der Waals surface area contributed by atoms with Crippen LogP contribution in [0, 0.1) is 10.1 Å². The maximum absolute atomic E-state index is 12.5. The predicted molar refractivity (Wildman–Crippen MR) is 90.0 cm³/mol. The molecular formula is C16H17N3O3S. The van der Waals surface area contributed by atoms with Crippen molar-refractivity contribution in [1.29, 1.82) is 0 Å². The van der Waals surface area contributed by atoms with Gasteiger partial charge in [0.25, 0.3) is 5.91 Å². The highest BCUT2D eigenvalue weighted by Crippen LogP contribution is 2.26. The summed E-state index contributed by atoms with van der Waals surface area (Å²) in [5.74, 6) is -0.123. The highest BCUT2D eigenvalue weighted by Gasteiger charge is 2.26. The number of carbonyl (C=O) groups excluding carboxylic acids is 1. The first-order valence-electron chi connectivity index (χ1n) is 7.48. The van der Waals surface area contributed by atoms with Crippen LogP contribution in [0.4, 0.5) is 10.7 Å². The van der Waals surface area contributed by atoms with Crippen LogP contribution in [0.15, 0.2) is 42.5 Å². The molecule has 3 rings (SSSR count). The molecule has 1 atom stereocenters. The SMILES string of the molecule is O=C(c1ccc([N+](=O)[O-])s1)N1CCCC(Nc2ccccc2)C1. The molecule has 1 saturated heterocycles. The van der Waals surface area contributed by atoms with Crippen molar-refractivity contribution < 1.29 is 9.72 Å². The largest absolute Gasteiger partial charge is 0.381 e. The maximum Gasteiger partial charge on any atom is 0.324 e. The van der Waals surface area contributed by atoms with E-state index in [1.165, 1.54) is 6.07 Å². The van der Waals surface area contributed by atoms with E-state index < -0.39 is 4.92 Å². The van der Waals surface area contributed by atoms with Crippen molar-refractivity contribution in [3.63, 3.8) is 0 Å². The standard InChI is InChI=1S/C16H17N3O3S/c20-16(14-8-9-15(23-14)19(21)22)18-10-4-7-13(11-18)17-12-5-2-1-3-6-12/h1-3,5-6,8-9,13,17H,4,7,10-11H2. The molecule has 23 heavy (non-hydrogen) atoms. The Hall–Kier alpha value is -2.41. The zero-order valence-corrected chi connectivity index (χ0v) is 13.3. The number of piperidine rings is 1. The van der Waals surface area contributed by atoms with Crippen LogP contribution < -0.4 is 5.32 Å². The Kier molecular flexibility index (Phi) is 4.57. The molecule has 1 amide bonds. The molecule has 0 bridgehead atoms. The molecule has 1 aromatic carbocycles. The Morgan fingerprint density at radius 2 is 2.04 bits per heavy atom. The first-order valence-corrected chi connectivity index (χ1v) is 8.30. The third kappa shape index (κ3) is 3.68. The number of carbonyl (C=O) groups is 1. The summed E-state index contributed by atoms with van der Waals surface area (Å²) in [5, 5.41) is 14.2. The van der Waals surface area contributed by atoms with E-state index in [9.17, 15) is 14.9 Å². The van der Waals surface area contributed by atoms with Crippen LogP contribution in [0.2, 0.25) is 0 Å². The first kappa shape index (κ1) is 15.5. The second-order valence-corrected chi connectivity index (χ2v) is 6.56. The Morgan fingerprint density at radius 3 is 2.74 bits per heavy atom. The van der Waals surface area contributed by atoms with Gasteiger partial charge in [-0.25, -0.2) is 0 Å². The minimum Gasteiger partial charge on any atom is -0.381 e. The molecule has 1 fully saturated rings. The molecule has 1 aromatic heterocycles. The van der Waals surface area contributed by atoms with E-state index >= 15 is 0 Å². The van der Waals surface area contributed by atoms with E-state index in [4.69, 9.17) is 0 Å². The molecule has 120 valence electrons. The number of hydrogen-bond donors (Lipinski definition) is 1. The summed E-state index contributed by atoms with van der Waals surface area (Å²) < 4.78 is 0. The number of hydrogen-bond acceptors (Lipinski definition) is 5. The minimum absolute atomic E-state index is 0.00400. The van der Waals surface area contributed by atoms with Gasteiger partial charge in [0.15, 0.2) is 0 Å². The van der Waals surface area contributed by atoms with Crippen LogP contribution in [-0.2, 0) is 0 Å². The van der Waals surface area contributed by atoms with Gasteiger partial charge in [-0.15, -0.1) is 0 Å². The van der Waals surface area contributed by atoms with Crippen molar-refractivity contribution >= 4 is 27.9 Å². The van der Waals surface area contributed by atoms with E-state index in [2.05, 4.69) is 5.32 Å². The Morgan fingerprint density at radius 1 is 1.26 bits per heavy atom. The Balaban J connectivity index is 1.65. The zero-order valence-electron chi connectivity index (χ0n) is 12.5. The van der Waals surface area contributed by atoms with Crippen LogP contribution in [0.3, 0.4) is 0 Å². The lowest BCUT2D eigenvalue weighted by Gasteiger charge is -2.33. The molecule has 6 nitrogen and oxygen atoms in total. The number of para-hydroxylation sites is 1. The number of nitrogens with zero attached hydrogens (tertiary/aromatic N) is 2. The molecule has 2 heterocycles. The number of anilines is 1. The summed E-state index contributed by atoms with van der Waals surface area (Å²) in [5.41, 5.74) is 1.04. The maximum atomic E-state index is 12.5. The van der Waals surface area contributed by atoms with Gasteiger partial charge in [-0.1, -0.05) is 29.5 Å². The monoisotopic (exact) mass is 331 g/mol. The van der Waals surface area contributed by atoms with Crippen LogP contribution in [0.1, 0.15) is 22.5 Å². The third-order valence-corrected chi connectivity index (χ3v) is 4.86. The average Bonchev–Trinajstić information content (AvgIpc) is 3.06. The lowest BCUT2D eigenvalue weighted by molar-refractivity contribution is -0.380. The minimum atomic E-state index is -0.461. The van der Waals surface area contributed by atoms with Crippen LogP contribution >= 0.6 is 11.3 Å². The van der Waals surface area contributed by atoms with Crippen molar-refractivity contribution in [2.45, 2.75) is 18.9 Å². The van der Waals surface area contributed by atoms with E-state index in [0.717, 1.165) is 29.9 Å². The quantitative estimate of drug-likeness (QED) is 0.688. The van der Waals surface area contributed by atoms with E-state index in [0.29, 0.717) is 18.0 Å². The Bertz CT molecular complexity index is 702. The number of nitro groups is 1. The molecule has 1 aliphatic heterocycles. The topological polar surface area (TPSA) is 75.5 Å². The molecule has 0 aliphatic carbocycles. The molecule has 0 radical (unpaired) electrons. The van der Waals surface area contributed by atoms with Gasteiger partial charge < -0.3 is 10.2 Å². The highest BCUT2D eigenvalue weighted by molar-refractivity contribution is 7.17. The van der Waals surface area contributed by atoms with Crippen molar-refractivity contribution in [3.8, 4) is 0 Å². The summed E-state index contributed by atoms with van der Waals surface area (Å²) in [6, 6.07) is 13.0. The summed E-state index contributed by atoms with van der Waals surface area (Å²) in [6.07, 6.45) is 1.92. The second-order valence-electron chi connectivity index (χ2n) is 5.50. The summed E-state index contributed by atoms with van der Waals surface area (Å²) >= 11 is 0.937. The molecule has 1 aliphatic rings. The summed E-state index contributed by atoms with van der Waals surface area (Å²) in [4.78, 5) is 25.0. The van der Waals surface area contributed by atoms with Gasteiger partial charge in [0, 0.05) is 30.9 Å². The number of amides is 1. The normalized spacial score (nSPS) is 17.7. The van der Waals surface area contributed by atoms with Crippen LogP contribution in [0.25, 0.3) is 0 Å². The zero-order chi connectivity index (χ0) is 16.2. The van der Waals surface area contributed by atoms with Gasteiger partial charge >= 0.3 is 5.00 Å². The highest BCUT2D eigenvalue weighted by atomic mass is 32.1. The third-order valence-electron chi connectivity index (χ3n) is 3.84. The lowest BCUT2D eigenvalue weighted by atomic mass is 10.0. The van der Waals surface area contributed by atoms with Gasteiger partial charge in [-0.2, -0.15) is 0 Å². The van der Waals surface area contributed by atoms with E-state index in [-0.39, 0.29) is 17.0 Å². The predicted octanol–water partition coefficient (Wildman–Crippen LogP) is 3.37. The fraction of sp³-hybridized carbons (Fsp3) is 0.312. The van der Waals surface area contributed by atoms with E-state index in [1.807, 2.05) is 30.3 Å². The van der Waals surface area contributed by atoms with Crippen molar-refractivity contribution in [3.05, 3.63) is 57.5 Å². The number of rotatable bonds is 4. The van der Waals surface area contributed by atoms with Gasteiger partial charge in [0.2, 0.25) is 0 Å². The second kappa shape index (κ2) is 6.78. The summed E-state index contributed by atoms with van der Waals surface area (Å²) in [7, 11) is 0. The Labute approximate surface area is 137 Å². The van der Waals surface area contributed by atoms with Crippen molar-refractivity contribution in [2.75, 3.05) is 18.4 Å². The smallest absolute Gasteiger partial charge is 0.324 e. The molecule has 0 spiro atoms. The van der Waals surface area contributed by atoms with Crippen molar-refractivity contribution in [2.24, 2.45) is 0 Å². The fourth-order valence-electron chi connectivity index (χ4n) is 2.75. The fourth-order valence-corrected chi connectivity index (χ4v) is 3.53. The number of likely N-dealkylation sites (tertiary alicyclic amines) is 1. The summed E-state index contributed by atoms with van der Waals surface area (Å²) in [6.45, 7) is 1.30. The van der Waals surface area contributed by atoms with Crippen LogP contribution in [0.5, 0.6) is 0 Å². The van der Waals surface area contributed by atoms with E-state index in [1.54, 1.807) is 11.0 Å². The molecule has 0 saturated carbocycles. The average molecular weight is 331 g/mol. The molecule has 1 N–H and O–H groups in total.